The molecular weight excluding hydrogens is 412 g/mol. The highest BCUT2D eigenvalue weighted by Gasteiger charge is 2.17. The van der Waals surface area contributed by atoms with Gasteiger partial charge in [0.25, 0.3) is 5.91 Å². The van der Waals surface area contributed by atoms with E-state index in [4.69, 9.17) is 19.4 Å². The minimum atomic E-state index is -0.0545. The van der Waals surface area contributed by atoms with Crippen molar-refractivity contribution in [2.24, 2.45) is 0 Å². The number of anilines is 1. The summed E-state index contributed by atoms with van der Waals surface area (Å²) < 4.78 is 11.0. The lowest BCUT2D eigenvalue weighted by Gasteiger charge is -2.28. The predicted molar refractivity (Wildman–Crippen MR) is 122 cm³/mol. The maximum absolute atomic E-state index is 12.5. The monoisotopic (exact) mass is 442 g/mol. The van der Waals surface area contributed by atoms with Crippen LogP contribution in [0.5, 0.6) is 0 Å². The minimum absolute atomic E-state index is 0.0545. The molecule has 1 aromatic carbocycles. The molecule has 2 aliphatic heterocycles. The number of aromatic nitrogens is 2. The SMILES string of the molecule is CCc1cc(N2CCOCC2)nc(SCc2cccc(C(=O)NCC3CCCO3)c2)n1. The lowest BCUT2D eigenvalue weighted by molar-refractivity contribution is 0.0857. The summed E-state index contributed by atoms with van der Waals surface area (Å²) >= 11 is 1.60. The molecule has 0 bridgehead atoms. The van der Waals surface area contributed by atoms with Crippen molar-refractivity contribution in [3.8, 4) is 0 Å². The van der Waals surface area contributed by atoms with Gasteiger partial charge in [-0.2, -0.15) is 0 Å². The van der Waals surface area contributed by atoms with Crippen LogP contribution in [0, 0.1) is 0 Å². The van der Waals surface area contributed by atoms with E-state index in [0.29, 0.717) is 17.9 Å². The van der Waals surface area contributed by atoms with Gasteiger partial charge < -0.3 is 19.7 Å². The van der Waals surface area contributed by atoms with Gasteiger partial charge in [-0.25, -0.2) is 9.97 Å². The van der Waals surface area contributed by atoms with Gasteiger partial charge in [-0.1, -0.05) is 30.8 Å². The molecule has 31 heavy (non-hydrogen) atoms. The third-order valence-corrected chi connectivity index (χ3v) is 6.43. The van der Waals surface area contributed by atoms with Crippen molar-refractivity contribution >= 4 is 23.5 Å². The molecule has 1 unspecified atom stereocenters. The molecule has 2 fully saturated rings. The van der Waals surface area contributed by atoms with Crippen molar-refractivity contribution < 1.29 is 14.3 Å². The Balaban J connectivity index is 1.38. The number of hydrogen-bond acceptors (Lipinski definition) is 7. The highest BCUT2D eigenvalue weighted by molar-refractivity contribution is 7.98. The van der Waals surface area contributed by atoms with Crippen molar-refractivity contribution in [1.82, 2.24) is 15.3 Å². The van der Waals surface area contributed by atoms with E-state index in [1.807, 2.05) is 24.3 Å². The van der Waals surface area contributed by atoms with Gasteiger partial charge in [-0.05, 0) is 37.0 Å². The average molecular weight is 443 g/mol. The summed E-state index contributed by atoms with van der Waals surface area (Å²) in [5.41, 5.74) is 2.79. The van der Waals surface area contributed by atoms with Crippen molar-refractivity contribution in [1.29, 1.82) is 0 Å². The number of carbonyl (C=O) groups is 1. The van der Waals surface area contributed by atoms with Crippen LogP contribution in [0.4, 0.5) is 5.82 Å². The fourth-order valence-corrected chi connectivity index (χ4v) is 4.54. The smallest absolute Gasteiger partial charge is 0.251 e. The Bertz CT molecular complexity index is 883. The molecule has 1 N–H and O–H groups in total. The molecular formula is C23H30N4O3S. The Labute approximate surface area is 187 Å². The maximum atomic E-state index is 12.5. The van der Waals surface area contributed by atoms with Gasteiger partial charge >= 0.3 is 0 Å². The van der Waals surface area contributed by atoms with E-state index in [0.717, 1.165) is 74.4 Å². The van der Waals surface area contributed by atoms with Gasteiger partial charge in [-0.3, -0.25) is 4.79 Å². The summed E-state index contributed by atoms with van der Waals surface area (Å²) in [6.45, 7) is 6.64. The number of aryl methyl sites for hydroxylation is 1. The molecule has 1 amide bonds. The molecule has 0 spiro atoms. The van der Waals surface area contributed by atoms with Gasteiger partial charge in [0.15, 0.2) is 5.16 Å². The van der Waals surface area contributed by atoms with Crippen LogP contribution in [0.3, 0.4) is 0 Å². The normalized spacial score (nSPS) is 18.9. The second-order valence-electron chi connectivity index (χ2n) is 7.79. The fourth-order valence-electron chi connectivity index (χ4n) is 3.72. The van der Waals surface area contributed by atoms with Gasteiger partial charge in [0.2, 0.25) is 0 Å². The van der Waals surface area contributed by atoms with E-state index in [9.17, 15) is 4.79 Å². The van der Waals surface area contributed by atoms with Crippen LogP contribution >= 0.6 is 11.8 Å². The number of hydrogen-bond donors (Lipinski definition) is 1. The number of ether oxygens (including phenoxy) is 2. The first-order chi connectivity index (χ1) is 15.2. The average Bonchev–Trinajstić information content (AvgIpc) is 3.35. The zero-order valence-corrected chi connectivity index (χ0v) is 18.8. The second-order valence-corrected chi connectivity index (χ2v) is 8.73. The molecule has 1 aromatic heterocycles. The molecule has 2 saturated heterocycles. The van der Waals surface area contributed by atoms with Crippen molar-refractivity contribution in [2.75, 3.05) is 44.4 Å². The maximum Gasteiger partial charge on any atom is 0.251 e. The van der Waals surface area contributed by atoms with Crippen molar-refractivity contribution in [3.05, 3.63) is 47.2 Å². The standard InChI is InChI=1S/C23H30N4O3S/c1-2-19-14-21(27-8-11-29-12-9-27)26-23(25-19)31-16-17-5-3-6-18(13-17)22(28)24-15-20-7-4-10-30-20/h3,5-6,13-14,20H,2,4,7-12,15-16H2,1H3,(H,24,28). The van der Waals surface area contributed by atoms with E-state index in [2.05, 4.69) is 23.2 Å². The topological polar surface area (TPSA) is 76.6 Å². The van der Waals surface area contributed by atoms with Gasteiger partial charge in [0.1, 0.15) is 5.82 Å². The Morgan fingerprint density at radius 3 is 2.87 bits per heavy atom. The van der Waals surface area contributed by atoms with E-state index in [1.54, 1.807) is 11.8 Å². The second kappa shape index (κ2) is 10.9. The molecule has 7 nitrogen and oxygen atoms in total. The Kier molecular flexibility index (Phi) is 7.77. The number of rotatable bonds is 8. The van der Waals surface area contributed by atoms with Gasteiger partial charge in [0.05, 0.1) is 19.3 Å². The lowest BCUT2D eigenvalue weighted by atomic mass is 10.1. The Morgan fingerprint density at radius 1 is 1.23 bits per heavy atom. The van der Waals surface area contributed by atoms with Crippen LogP contribution in [0.1, 0.15) is 41.4 Å². The highest BCUT2D eigenvalue weighted by atomic mass is 32.2. The Hall–Kier alpha value is -2.16. The van der Waals surface area contributed by atoms with Gasteiger partial charge in [-0.15, -0.1) is 0 Å². The summed E-state index contributed by atoms with van der Waals surface area (Å²) in [6.07, 6.45) is 3.10. The van der Waals surface area contributed by atoms with Crippen LogP contribution in [-0.4, -0.2) is 61.4 Å². The summed E-state index contributed by atoms with van der Waals surface area (Å²) in [4.78, 5) is 24.2. The molecule has 8 heteroatoms. The van der Waals surface area contributed by atoms with Crippen LogP contribution < -0.4 is 10.2 Å². The third-order valence-electron chi connectivity index (χ3n) is 5.51. The fraction of sp³-hybridized carbons (Fsp3) is 0.522. The molecule has 4 rings (SSSR count). The molecule has 166 valence electrons. The first-order valence-electron chi connectivity index (χ1n) is 11.0. The molecule has 0 radical (unpaired) electrons. The highest BCUT2D eigenvalue weighted by Crippen LogP contribution is 2.24. The molecule has 0 saturated carbocycles. The van der Waals surface area contributed by atoms with E-state index in [-0.39, 0.29) is 12.0 Å². The van der Waals surface area contributed by atoms with Crippen LogP contribution in [0.15, 0.2) is 35.5 Å². The van der Waals surface area contributed by atoms with Gasteiger partial charge in [0, 0.05) is 49.3 Å². The van der Waals surface area contributed by atoms with Crippen LogP contribution in [-0.2, 0) is 21.6 Å². The Morgan fingerprint density at radius 2 is 2.10 bits per heavy atom. The number of morpholine rings is 1. The number of carbonyl (C=O) groups excluding carboxylic acids is 1. The summed E-state index contributed by atoms with van der Waals surface area (Å²) in [7, 11) is 0. The summed E-state index contributed by atoms with van der Waals surface area (Å²) in [6, 6.07) is 9.85. The summed E-state index contributed by atoms with van der Waals surface area (Å²) in [5.74, 6) is 1.63. The first-order valence-corrected chi connectivity index (χ1v) is 12.0. The molecule has 1 atom stereocenters. The summed E-state index contributed by atoms with van der Waals surface area (Å²) in [5, 5.41) is 3.76. The number of nitrogens with one attached hydrogen (secondary N) is 1. The third kappa shape index (κ3) is 6.18. The van der Waals surface area contributed by atoms with Crippen LogP contribution in [0.25, 0.3) is 0 Å². The predicted octanol–water partition coefficient (Wildman–Crippen LogP) is 3.08. The molecule has 2 aromatic rings. The molecule has 3 heterocycles. The van der Waals surface area contributed by atoms with E-state index < -0.39 is 0 Å². The largest absolute Gasteiger partial charge is 0.378 e. The lowest BCUT2D eigenvalue weighted by Crippen LogP contribution is -2.37. The van der Waals surface area contributed by atoms with Crippen molar-refractivity contribution in [3.63, 3.8) is 0 Å². The van der Waals surface area contributed by atoms with Crippen molar-refractivity contribution in [2.45, 2.75) is 43.2 Å². The minimum Gasteiger partial charge on any atom is -0.378 e. The number of amides is 1. The zero-order chi connectivity index (χ0) is 21.5. The molecule has 0 aliphatic carbocycles. The molecule has 2 aliphatic rings. The quantitative estimate of drug-likeness (QED) is 0.497. The van der Waals surface area contributed by atoms with E-state index >= 15 is 0 Å². The number of benzene rings is 1. The first kappa shape index (κ1) is 22.0. The number of thioether (sulfide) groups is 1. The van der Waals surface area contributed by atoms with E-state index in [1.165, 1.54) is 0 Å². The zero-order valence-electron chi connectivity index (χ0n) is 18.0. The van der Waals surface area contributed by atoms with Crippen LogP contribution in [0.2, 0.25) is 0 Å². The number of nitrogens with zero attached hydrogens (tertiary/aromatic N) is 3.